The van der Waals surface area contributed by atoms with Gasteiger partial charge in [0.15, 0.2) is 6.61 Å². The summed E-state index contributed by atoms with van der Waals surface area (Å²) in [6.07, 6.45) is 2.16. The summed E-state index contributed by atoms with van der Waals surface area (Å²) in [4.78, 5) is 11.7. The van der Waals surface area contributed by atoms with E-state index >= 15 is 0 Å². The average Bonchev–Trinajstić information content (AvgIpc) is 2.39. The fourth-order valence-corrected chi connectivity index (χ4v) is 2.28. The van der Waals surface area contributed by atoms with Crippen molar-refractivity contribution in [1.82, 2.24) is 10.6 Å². The fraction of sp³-hybridized carbons (Fsp3) is 0.462. The van der Waals surface area contributed by atoms with Gasteiger partial charge in [-0.25, -0.2) is 0 Å². The maximum atomic E-state index is 11.7. The molecule has 1 aliphatic heterocycles. The standard InChI is InChI=1S/C13H17IN2O2.ClH/c14-10-3-5-12(6-4-10)18-9-13(17)16-11-2-1-7-15-8-11;/h3-6,11,15H,1-2,7-9H2,(H,16,17);1H/t11-;/m0./s1. The molecule has 1 amide bonds. The van der Waals surface area contributed by atoms with Crippen molar-refractivity contribution in [2.75, 3.05) is 19.7 Å². The molecule has 1 aromatic carbocycles. The van der Waals surface area contributed by atoms with Gasteiger partial charge in [0.05, 0.1) is 0 Å². The van der Waals surface area contributed by atoms with Crippen LogP contribution in [0.2, 0.25) is 0 Å². The van der Waals surface area contributed by atoms with E-state index in [1.807, 2.05) is 24.3 Å². The Balaban J connectivity index is 0.00000180. The van der Waals surface area contributed by atoms with Crippen LogP contribution in [0.3, 0.4) is 0 Å². The van der Waals surface area contributed by atoms with Crippen LogP contribution in [0.4, 0.5) is 0 Å². The lowest BCUT2D eigenvalue weighted by molar-refractivity contribution is -0.123. The van der Waals surface area contributed by atoms with Gasteiger partial charge in [-0.3, -0.25) is 4.79 Å². The first-order valence-electron chi connectivity index (χ1n) is 6.12. The Labute approximate surface area is 133 Å². The van der Waals surface area contributed by atoms with Crippen molar-refractivity contribution in [1.29, 1.82) is 0 Å². The van der Waals surface area contributed by atoms with Crippen LogP contribution >= 0.6 is 35.0 Å². The number of piperidine rings is 1. The van der Waals surface area contributed by atoms with Crippen LogP contribution in [0.1, 0.15) is 12.8 Å². The van der Waals surface area contributed by atoms with Gasteiger partial charge < -0.3 is 15.4 Å². The Hall–Kier alpha value is -0.530. The molecule has 0 aromatic heterocycles. The van der Waals surface area contributed by atoms with E-state index in [-0.39, 0.29) is 31.0 Å². The highest BCUT2D eigenvalue weighted by molar-refractivity contribution is 14.1. The molecule has 0 radical (unpaired) electrons. The Morgan fingerprint density at radius 1 is 1.42 bits per heavy atom. The summed E-state index contributed by atoms with van der Waals surface area (Å²) in [5.41, 5.74) is 0. The van der Waals surface area contributed by atoms with E-state index in [9.17, 15) is 4.79 Å². The zero-order chi connectivity index (χ0) is 12.8. The minimum absolute atomic E-state index is 0. The third-order valence-corrected chi connectivity index (χ3v) is 3.56. The number of nitrogens with one attached hydrogen (secondary N) is 2. The molecule has 1 aromatic rings. The van der Waals surface area contributed by atoms with Gasteiger partial charge in [-0.1, -0.05) is 0 Å². The molecule has 6 heteroatoms. The molecule has 19 heavy (non-hydrogen) atoms. The highest BCUT2D eigenvalue weighted by Crippen LogP contribution is 2.13. The molecule has 0 bridgehead atoms. The minimum atomic E-state index is -0.0535. The summed E-state index contributed by atoms with van der Waals surface area (Å²) in [5.74, 6) is 0.676. The number of carbonyl (C=O) groups excluding carboxylic acids is 1. The van der Waals surface area contributed by atoms with E-state index < -0.39 is 0 Å². The number of ether oxygens (including phenoxy) is 1. The van der Waals surface area contributed by atoms with Crippen LogP contribution in [-0.2, 0) is 4.79 Å². The smallest absolute Gasteiger partial charge is 0.258 e. The van der Waals surface area contributed by atoms with Crippen molar-refractivity contribution >= 4 is 40.9 Å². The molecule has 0 saturated carbocycles. The number of hydrogen-bond acceptors (Lipinski definition) is 3. The fourth-order valence-electron chi connectivity index (χ4n) is 1.92. The molecular formula is C13H18ClIN2O2. The van der Waals surface area contributed by atoms with Gasteiger partial charge in [0.2, 0.25) is 0 Å². The second-order valence-corrected chi connectivity index (χ2v) is 5.60. The van der Waals surface area contributed by atoms with Gasteiger partial charge in [0.1, 0.15) is 5.75 Å². The monoisotopic (exact) mass is 396 g/mol. The Kier molecular flexibility index (Phi) is 7.48. The molecule has 106 valence electrons. The van der Waals surface area contributed by atoms with Crippen molar-refractivity contribution in [2.45, 2.75) is 18.9 Å². The molecule has 2 N–H and O–H groups in total. The summed E-state index contributed by atoms with van der Waals surface area (Å²) in [7, 11) is 0. The predicted octanol–water partition coefficient (Wildman–Crippen LogP) is 1.96. The highest BCUT2D eigenvalue weighted by Gasteiger charge is 2.15. The normalized spacial score (nSPS) is 18.3. The number of hydrogen-bond donors (Lipinski definition) is 2. The molecule has 4 nitrogen and oxygen atoms in total. The van der Waals surface area contributed by atoms with E-state index in [1.54, 1.807) is 0 Å². The van der Waals surface area contributed by atoms with Gasteiger partial charge in [-0.15, -0.1) is 12.4 Å². The lowest BCUT2D eigenvalue weighted by Gasteiger charge is -2.23. The zero-order valence-corrected chi connectivity index (χ0v) is 13.5. The van der Waals surface area contributed by atoms with Crippen LogP contribution in [0.5, 0.6) is 5.75 Å². The Morgan fingerprint density at radius 3 is 2.79 bits per heavy atom. The zero-order valence-electron chi connectivity index (χ0n) is 10.5. The van der Waals surface area contributed by atoms with Crippen molar-refractivity contribution in [3.63, 3.8) is 0 Å². The van der Waals surface area contributed by atoms with Crippen LogP contribution in [0.15, 0.2) is 24.3 Å². The molecule has 1 aliphatic rings. The maximum absolute atomic E-state index is 11.7. The predicted molar refractivity (Wildman–Crippen MR) is 85.9 cm³/mol. The molecule has 1 fully saturated rings. The number of benzene rings is 1. The van der Waals surface area contributed by atoms with E-state index in [4.69, 9.17) is 4.74 Å². The van der Waals surface area contributed by atoms with Crippen molar-refractivity contribution < 1.29 is 9.53 Å². The first kappa shape index (κ1) is 16.5. The lowest BCUT2D eigenvalue weighted by Crippen LogP contribution is -2.46. The van der Waals surface area contributed by atoms with Crippen molar-refractivity contribution in [3.05, 3.63) is 27.8 Å². The van der Waals surface area contributed by atoms with Gasteiger partial charge in [0.25, 0.3) is 5.91 Å². The molecule has 0 unspecified atom stereocenters. The molecule has 2 rings (SSSR count). The third-order valence-electron chi connectivity index (χ3n) is 2.85. The van der Waals surface area contributed by atoms with E-state index in [1.165, 1.54) is 0 Å². The molecule has 1 saturated heterocycles. The molecular weight excluding hydrogens is 379 g/mol. The van der Waals surface area contributed by atoms with Crippen LogP contribution in [0.25, 0.3) is 0 Å². The number of amides is 1. The number of rotatable bonds is 4. The van der Waals surface area contributed by atoms with Crippen molar-refractivity contribution in [3.8, 4) is 5.75 Å². The van der Waals surface area contributed by atoms with Gasteiger partial charge in [0, 0.05) is 16.2 Å². The second-order valence-electron chi connectivity index (χ2n) is 4.35. The first-order valence-corrected chi connectivity index (χ1v) is 7.20. The minimum Gasteiger partial charge on any atom is -0.484 e. The van der Waals surface area contributed by atoms with Crippen molar-refractivity contribution in [2.24, 2.45) is 0 Å². The summed E-state index contributed by atoms with van der Waals surface area (Å²) in [6, 6.07) is 7.90. The SMILES string of the molecule is Cl.O=C(COc1ccc(I)cc1)N[C@H]1CCCNC1. The molecule has 1 heterocycles. The van der Waals surface area contributed by atoms with Gasteiger partial charge in [-0.2, -0.15) is 0 Å². The summed E-state index contributed by atoms with van der Waals surface area (Å²) in [6.45, 7) is 1.98. The van der Waals surface area contributed by atoms with E-state index in [0.717, 1.165) is 35.3 Å². The van der Waals surface area contributed by atoms with Gasteiger partial charge >= 0.3 is 0 Å². The number of carbonyl (C=O) groups is 1. The lowest BCUT2D eigenvalue weighted by atomic mass is 10.1. The molecule has 0 aliphatic carbocycles. The first-order chi connectivity index (χ1) is 8.74. The van der Waals surface area contributed by atoms with E-state index in [2.05, 4.69) is 33.2 Å². The molecule has 0 spiro atoms. The Morgan fingerprint density at radius 2 is 2.16 bits per heavy atom. The summed E-state index contributed by atoms with van der Waals surface area (Å²) < 4.78 is 6.58. The quantitative estimate of drug-likeness (QED) is 0.765. The third kappa shape index (κ3) is 5.97. The van der Waals surface area contributed by atoms with Gasteiger partial charge in [-0.05, 0) is 66.2 Å². The van der Waals surface area contributed by atoms with Crippen LogP contribution in [0, 0.1) is 3.57 Å². The largest absolute Gasteiger partial charge is 0.484 e. The summed E-state index contributed by atoms with van der Waals surface area (Å²) >= 11 is 2.23. The number of halogens is 2. The molecule has 1 atom stereocenters. The second kappa shape index (κ2) is 8.60. The highest BCUT2D eigenvalue weighted by atomic mass is 127. The topological polar surface area (TPSA) is 50.4 Å². The maximum Gasteiger partial charge on any atom is 0.258 e. The van der Waals surface area contributed by atoms with Crippen LogP contribution < -0.4 is 15.4 Å². The van der Waals surface area contributed by atoms with Crippen LogP contribution in [-0.4, -0.2) is 31.6 Å². The Bertz CT molecular complexity index is 394. The van der Waals surface area contributed by atoms with E-state index in [0.29, 0.717) is 0 Å². The average molecular weight is 397 g/mol. The summed E-state index contributed by atoms with van der Waals surface area (Å²) in [5, 5.41) is 6.24.